The summed E-state index contributed by atoms with van der Waals surface area (Å²) in [7, 11) is 0. The molecule has 0 aliphatic heterocycles. The van der Waals surface area contributed by atoms with Crippen LogP contribution in [0.25, 0.3) is 33.4 Å². The Bertz CT molecular complexity index is 1730. The third-order valence-electron chi connectivity index (χ3n) is 7.62. The molecular formula is C35H28Br2F9. The highest BCUT2D eigenvalue weighted by Gasteiger charge is 2.38. The normalized spacial score (nSPS) is 12.6. The van der Waals surface area contributed by atoms with Gasteiger partial charge in [-0.1, -0.05) is 61.3 Å². The number of halogens is 11. The lowest BCUT2D eigenvalue weighted by Gasteiger charge is -2.24. The Morgan fingerprint density at radius 2 is 1.30 bits per heavy atom. The first kappa shape index (κ1) is 36.1. The topological polar surface area (TPSA) is 0 Å². The molecule has 4 aromatic carbocycles. The molecule has 0 aliphatic carbocycles. The minimum atomic E-state index is -5.04. The van der Waals surface area contributed by atoms with Gasteiger partial charge in [0.1, 0.15) is 0 Å². The van der Waals surface area contributed by atoms with Crippen LogP contribution in [0.15, 0.2) is 63.5 Å². The van der Waals surface area contributed by atoms with Gasteiger partial charge in [0.05, 0.1) is 17.5 Å². The van der Waals surface area contributed by atoms with E-state index in [1.54, 1.807) is 6.92 Å². The average molecular weight is 779 g/mol. The Morgan fingerprint density at radius 1 is 0.652 bits per heavy atom. The average Bonchev–Trinajstić information content (AvgIpc) is 2.96. The minimum absolute atomic E-state index is 0.0155. The zero-order valence-electron chi connectivity index (χ0n) is 24.9. The molecule has 0 atom stereocenters. The smallest absolute Gasteiger partial charge is 0.171 e. The first-order chi connectivity index (χ1) is 21.4. The summed E-state index contributed by atoms with van der Waals surface area (Å²) in [5.41, 5.74) is -0.952. The zero-order chi connectivity index (χ0) is 34.2. The molecular weight excluding hydrogens is 751 g/mol. The Kier molecular flexibility index (Phi) is 10.8. The van der Waals surface area contributed by atoms with Crippen molar-refractivity contribution in [3.63, 3.8) is 0 Å². The van der Waals surface area contributed by atoms with Crippen LogP contribution < -0.4 is 0 Å². The van der Waals surface area contributed by atoms with Gasteiger partial charge in [-0.2, -0.15) is 39.5 Å². The van der Waals surface area contributed by atoms with Gasteiger partial charge in [0.15, 0.2) is 0 Å². The molecule has 0 amide bonds. The van der Waals surface area contributed by atoms with E-state index in [1.165, 1.54) is 6.07 Å². The molecule has 0 unspecified atom stereocenters. The van der Waals surface area contributed by atoms with E-state index in [2.05, 4.69) is 37.9 Å². The molecule has 0 spiro atoms. The van der Waals surface area contributed by atoms with Crippen LogP contribution in [0.3, 0.4) is 0 Å². The highest BCUT2D eigenvalue weighted by atomic mass is 79.9. The molecule has 0 nitrogen and oxygen atoms in total. The van der Waals surface area contributed by atoms with Crippen molar-refractivity contribution in [2.45, 2.75) is 71.4 Å². The van der Waals surface area contributed by atoms with Gasteiger partial charge in [-0.05, 0) is 128 Å². The monoisotopic (exact) mass is 777 g/mol. The molecule has 0 heterocycles. The van der Waals surface area contributed by atoms with Crippen LogP contribution in [0.1, 0.15) is 60.6 Å². The van der Waals surface area contributed by atoms with Crippen LogP contribution in [0, 0.1) is 6.07 Å². The summed E-state index contributed by atoms with van der Waals surface area (Å²) in [4.78, 5) is 0. The van der Waals surface area contributed by atoms with E-state index < -0.39 is 47.2 Å². The second kappa shape index (κ2) is 13.7. The van der Waals surface area contributed by atoms with E-state index in [-0.39, 0.29) is 37.6 Å². The molecule has 46 heavy (non-hydrogen) atoms. The second-order valence-corrected chi connectivity index (χ2v) is 12.5. The summed E-state index contributed by atoms with van der Waals surface area (Å²) in [5, 5.41) is 0. The Balaban J connectivity index is 2.23. The molecule has 0 saturated carbocycles. The maximum atomic E-state index is 14.7. The molecule has 1 radical (unpaired) electrons. The van der Waals surface area contributed by atoms with Gasteiger partial charge in [0.25, 0.3) is 0 Å². The number of rotatable bonds is 8. The van der Waals surface area contributed by atoms with Crippen molar-refractivity contribution in [1.82, 2.24) is 0 Å². The lowest BCUT2D eigenvalue weighted by Crippen LogP contribution is -2.13. The molecule has 245 valence electrons. The minimum Gasteiger partial charge on any atom is -0.171 e. The van der Waals surface area contributed by atoms with Crippen molar-refractivity contribution < 1.29 is 39.5 Å². The van der Waals surface area contributed by atoms with Crippen LogP contribution in [-0.4, -0.2) is 6.18 Å². The van der Waals surface area contributed by atoms with Crippen molar-refractivity contribution in [2.24, 2.45) is 0 Å². The first-order valence-corrected chi connectivity index (χ1v) is 16.0. The quantitative estimate of drug-likeness (QED) is 0.156. The van der Waals surface area contributed by atoms with Gasteiger partial charge in [-0.25, -0.2) is 0 Å². The molecule has 0 saturated heterocycles. The standard InChI is InChI=1S/C35H28Br2F9/c1-4-7-19-8-9-21(5-2)24(14-19)25-15-20(18-33(38,39)40)16-27(32(25)37)30-22(6-3)10-12-28(35(44,45)46)31(30)26-17-23(34(41,42)43)11-13-29(26)36/h8-9,11-17H,4-7,18H2,1-3H3. The predicted molar refractivity (Wildman–Crippen MR) is 169 cm³/mol. The van der Waals surface area contributed by atoms with Gasteiger partial charge >= 0.3 is 18.5 Å². The molecule has 0 aliphatic rings. The van der Waals surface area contributed by atoms with Crippen LogP contribution >= 0.6 is 31.9 Å². The van der Waals surface area contributed by atoms with E-state index >= 15 is 0 Å². The molecule has 0 aromatic heterocycles. The molecule has 0 N–H and O–H groups in total. The van der Waals surface area contributed by atoms with E-state index in [4.69, 9.17) is 0 Å². The van der Waals surface area contributed by atoms with Crippen molar-refractivity contribution in [2.75, 3.05) is 0 Å². The number of aryl methyl sites for hydroxylation is 3. The fourth-order valence-corrected chi connectivity index (χ4v) is 6.67. The van der Waals surface area contributed by atoms with E-state index in [0.717, 1.165) is 35.7 Å². The summed E-state index contributed by atoms with van der Waals surface area (Å²) >= 11 is 6.69. The lowest BCUT2D eigenvalue weighted by atomic mass is 9.83. The Morgan fingerprint density at radius 3 is 1.87 bits per heavy atom. The fraction of sp³-hybridized carbons (Fsp3) is 0.314. The molecule has 4 aromatic rings. The molecule has 4 rings (SSSR count). The molecule has 11 heteroatoms. The molecule has 0 fully saturated rings. The summed E-state index contributed by atoms with van der Waals surface area (Å²) in [6.07, 6.45) is -13.8. The van der Waals surface area contributed by atoms with Crippen LogP contribution in [0.4, 0.5) is 39.5 Å². The van der Waals surface area contributed by atoms with Crippen molar-refractivity contribution in [3.05, 3.63) is 103 Å². The van der Waals surface area contributed by atoms with Crippen LogP contribution in [0.2, 0.25) is 0 Å². The van der Waals surface area contributed by atoms with Gasteiger partial charge in [-0.15, -0.1) is 0 Å². The van der Waals surface area contributed by atoms with Crippen molar-refractivity contribution >= 4 is 31.9 Å². The highest BCUT2D eigenvalue weighted by Crippen LogP contribution is 2.50. The predicted octanol–water partition coefficient (Wildman–Crippen LogP) is 13.2. The maximum Gasteiger partial charge on any atom is 0.417 e. The van der Waals surface area contributed by atoms with Gasteiger partial charge in [0.2, 0.25) is 0 Å². The van der Waals surface area contributed by atoms with E-state index in [0.29, 0.717) is 36.1 Å². The van der Waals surface area contributed by atoms with Crippen molar-refractivity contribution in [3.8, 4) is 33.4 Å². The second-order valence-electron chi connectivity index (χ2n) is 10.9. The summed E-state index contributed by atoms with van der Waals surface area (Å²) < 4.78 is 127. The molecule has 0 bridgehead atoms. The summed E-state index contributed by atoms with van der Waals surface area (Å²) in [5.74, 6) is 0. The van der Waals surface area contributed by atoms with Crippen LogP contribution in [-0.2, 0) is 38.0 Å². The van der Waals surface area contributed by atoms with Crippen LogP contribution in [0.5, 0.6) is 0 Å². The summed E-state index contributed by atoms with van der Waals surface area (Å²) in [6, 6.07) is 13.9. The fourth-order valence-electron chi connectivity index (χ4n) is 5.58. The number of hydrogen-bond acceptors (Lipinski definition) is 0. The SMILES string of the molecule is CCCc1ccc(CC)c(-c2cc(CC(F)(F)F)cc(-c3c(CC)[c]cc(C(F)(F)F)c3-c3cc(C(F)(F)F)ccc3Br)c2Br)c1. The number of hydrogen-bond donors (Lipinski definition) is 0. The van der Waals surface area contributed by atoms with Gasteiger partial charge in [-0.3, -0.25) is 0 Å². The number of alkyl halides is 9. The lowest BCUT2D eigenvalue weighted by molar-refractivity contribution is -0.137. The van der Waals surface area contributed by atoms with Gasteiger partial charge in [0, 0.05) is 14.5 Å². The zero-order valence-corrected chi connectivity index (χ0v) is 28.1. The van der Waals surface area contributed by atoms with Crippen molar-refractivity contribution in [1.29, 1.82) is 0 Å². The Labute approximate surface area is 278 Å². The number of benzene rings is 4. The third-order valence-corrected chi connectivity index (χ3v) is 9.17. The maximum absolute atomic E-state index is 14.7. The van der Waals surface area contributed by atoms with E-state index in [1.807, 2.05) is 32.0 Å². The largest absolute Gasteiger partial charge is 0.417 e. The highest BCUT2D eigenvalue weighted by molar-refractivity contribution is 9.11. The third kappa shape index (κ3) is 7.84. The Hall–Kier alpha value is -2.79. The summed E-state index contributed by atoms with van der Waals surface area (Å²) in [6.45, 7) is 5.49. The van der Waals surface area contributed by atoms with Gasteiger partial charge < -0.3 is 0 Å². The van der Waals surface area contributed by atoms with E-state index in [9.17, 15) is 39.5 Å². The first-order valence-electron chi connectivity index (χ1n) is 14.4.